The van der Waals surface area contributed by atoms with E-state index < -0.39 is 0 Å². The molecular weight excluding hydrogens is 479 g/mol. The lowest BCUT2D eigenvalue weighted by atomic mass is 10.0. The van der Waals surface area contributed by atoms with E-state index in [9.17, 15) is 0 Å². The molecule has 2 aromatic rings. The molecule has 0 spiro atoms. The van der Waals surface area contributed by atoms with Gasteiger partial charge in [0, 0.05) is 5.69 Å². The molecule has 1 unspecified atom stereocenters. The molecule has 3 N–H and O–H groups in total. The van der Waals surface area contributed by atoms with Crippen LogP contribution >= 0.6 is 24.0 Å². The van der Waals surface area contributed by atoms with Crippen molar-refractivity contribution in [2.45, 2.75) is 25.3 Å². The third-order valence-corrected chi connectivity index (χ3v) is 5.13. The summed E-state index contributed by atoms with van der Waals surface area (Å²) in [4.78, 5) is 7.15. The predicted molar refractivity (Wildman–Crippen MR) is 130 cm³/mol. The molecule has 0 saturated carbocycles. The molecule has 158 valence electrons. The molecule has 3 rings (SSSR count). The van der Waals surface area contributed by atoms with Crippen LogP contribution in [0.25, 0.3) is 0 Å². The highest BCUT2D eigenvalue weighted by Crippen LogP contribution is 2.26. The Morgan fingerprint density at radius 3 is 2.07 bits per heavy atom. The Kier molecular flexibility index (Phi) is 9.53. The van der Waals surface area contributed by atoms with E-state index in [1.54, 1.807) is 14.2 Å². The third kappa shape index (κ3) is 6.78. The van der Waals surface area contributed by atoms with Crippen LogP contribution in [0.5, 0.6) is 11.5 Å². The van der Waals surface area contributed by atoms with Gasteiger partial charge in [-0.15, -0.1) is 24.0 Å². The summed E-state index contributed by atoms with van der Waals surface area (Å²) in [6, 6.07) is 16.1. The smallest absolute Gasteiger partial charge is 0.193 e. The molecule has 1 aliphatic heterocycles. The van der Waals surface area contributed by atoms with Gasteiger partial charge in [0.05, 0.1) is 26.8 Å². The lowest BCUT2D eigenvalue weighted by molar-refractivity contribution is 0.168. The largest absolute Gasteiger partial charge is 0.497 e. The number of guanidine groups is 1. The van der Waals surface area contributed by atoms with E-state index in [0.29, 0.717) is 12.5 Å². The van der Waals surface area contributed by atoms with E-state index in [2.05, 4.69) is 27.3 Å². The molecule has 2 aromatic carbocycles. The van der Waals surface area contributed by atoms with E-state index in [1.807, 2.05) is 36.4 Å². The van der Waals surface area contributed by atoms with Crippen molar-refractivity contribution in [1.29, 1.82) is 0 Å². The first kappa shape index (κ1) is 23.3. The topological polar surface area (TPSA) is 72.1 Å². The third-order valence-electron chi connectivity index (χ3n) is 5.13. The molecule has 1 aliphatic rings. The molecule has 0 aromatic heterocycles. The van der Waals surface area contributed by atoms with Crippen LogP contribution < -0.4 is 20.5 Å². The predicted octanol–water partition coefficient (Wildman–Crippen LogP) is 4.28. The number of nitrogens with zero attached hydrogens (tertiary/aromatic N) is 2. The highest BCUT2D eigenvalue weighted by Gasteiger charge is 2.22. The van der Waals surface area contributed by atoms with Gasteiger partial charge >= 0.3 is 0 Å². The Hall–Kier alpha value is -2.00. The molecule has 1 atom stereocenters. The quantitative estimate of drug-likeness (QED) is 0.331. The van der Waals surface area contributed by atoms with E-state index in [0.717, 1.165) is 30.3 Å². The molecule has 0 radical (unpaired) electrons. The lowest BCUT2D eigenvalue weighted by Crippen LogP contribution is -2.36. The van der Waals surface area contributed by atoms with Crippen LogP contribution in [0.1, 0.15) is 30.9 Å². The first-order valence-corrected chi connectivity index (χ1v) is 9.78. The van der Waals surface area contributed by atoms with Crippen molar-refractivity contribution in [3.8, 4) is 11.5 Å². The van der Waals surface area contributed by atoms with Crippen molar-refractivity contribution >= 4 is 35.6 Å². The normalized spacial score (nSPS) is 15.9. The van der Waals surface area contributed by atoms with Crippen LogP contribution in [0.3, 0.4) is 0 Å². The molecule has 0 bridgehead atoms. The highest BCUT2D eigenvalue weighted by molar-refractivity contribution is 14.0. The number of aliphatic imine (C=N–C) groups is 1. The molecule has 0 aliphatic carbocycles. The van der Waals surface area contributed by atoms with Crippen LogP contribution in [0.15, 0.2) is 53.5 Å². The maximum Gasteiger partial charge on any atom is 0.193 e. The van der Waals surface area contributed by atoms with E-state index in [-0.39, 0.29) is 30.0 Å². The number of anilines is 1. The number of nitrogens with one attached hydrogen (secondary N) is 1. The van der Waals surface area contributed by atoms with Crippen molar-refractivity contribution < 1.29 is 9.47 Å². The number of nitrogens with two attached hydrogens (primary N) is 1. The molecule has 0 amide bonds. The maximum atomic E-state index is 6.15. The van der Waals surface area contributed by atoms with Crippen molar-refractivity contribution in [1.82, 2.24) is 4.90 Å². The van der Waals surface area contributed by atoms with Gasteiger partial charge in [-0.1, -0.05) is 18.6 Å². The number of rotatable bonds is 7. The first-order chi connectivity index (χ1) is 13.7. The Balaban J connectivity index is 0.00000300. The fraction of sp³-hybridized carbons (Fsp3) is 0.409. The lowest BCUT2D eigenvalue weighted by Gasteiger charge is -2.34. The zero-order valence-electron chi connectivity index (χ0n) is 17.1. The number of hydrogen-bond acceptors (Lipinski definition) is 4. The average molecular weight is 510 g/mol. The first-order valence-electron chi connectivity index (χ1n) is 9.78. The molecule has 29 heavy (non-hydrogen) atoms. The number of benzene rings is 2. The number of likely N-dealkylation sites (tertiary alicyclic amines) is 1. The Morgan fingerprint density at radius 2 is 1.52 bits per heavy atom. The van der Waals surface area contributed by atoms with Crippen molar-refractivity contribution in [2.24, 2.45) is 10.7 Å². The molecule has 7 heteroatoms. The molecule has 1 heterocycles. The monoisotopic (exact) mass is 510 g/mol. The van der Waals surface area contributed by atoms with Gasteiger partial charge in [-0.05, 0) is 67.9 Å². The average Bonchev–Trinajstić information content (AvgIpc) is 2.75. The van der Waals surface area contributed by atoms with Gasteiger partial charge in [0.1, 0.15) is 11.5 Å². The van der Waals surface area contributed by atoms with Gasteiger partial charge in [-0.2, -0.15) is 0 Å². The summed E-state index contributed by atoms with van der Waals surface area (Å²) in [7, 11) is 3.34. The number of methoxy groups -OCH3 is 2. The van der Waals surface area contributed by atoms with Crippen molar-refractivity contribution in [3.05, 3.63) is 54.1 Å². The van der Waals surface area contributed by atoms with Crippen LogP contribution in [0, 0.1) is 0 Å². The summed E-state index contributed by atoms with van der Waals surface area (Å²) in [5.41, 5.74) is 8.28. The summed E-state index contributed by atoms with van der Waals surface area (Å²) in [5.74, 6) is 2.09. The maximum absolute atomic E-state index is 6.15. The Morgan fingerprint density at radius 1 is 0.966 bits per heavy atom. The van der Waals surface area contributed by atoms with Crippen LogP contribution in [-0.4, -0.2) is 44.7 Å². The summed E-state index contributed by atoms with van der Waals surface area (Å²) in [6.45, 7) is 2.80. The minimum Gasteiger partial charge on any atom is -0.497 e. The fourth-order valence-electron chi connectivity index (χ4n) is 3.53. The van der Waals surface area contributed by atoms with Crippen LogP contribution in [-0.2, 0) is 0 Å². The summed E-state index contributed by atoms with van der Waals surface area (Å²) >= 11 is 0. The van der Waals surface area contributed by atoms with Crippen LogP contribution in [0.4, 0.5) is 5.69 Å². The zero-order chi connectivity index (χ0) is 19.8. The van der Waals surface area contributed by atoms with Crippen LogP contribution in [0.2, 0.25) is 0 Å². The molecule has 6 nitrogen and oxygen atoms in total. The fourth-order valence-corrected chi connectivity index (χ4v) is 3.53. The second kappa shape index (κ2) is 11.9. The standard InChI is InChI=1S/C22H30N4O2.HI/c1-27-19-10-6-17(7-11-19)21(26-14-4-3-5-15-26)16-24-22(23)25-18-8-12-20(28-2)13-9-18;/h6-13,21H,3-5,14-16H2,1-2H3,(H3,23,24,25);1H. The second-order valence-electron chi connectivity index (χ2n) is 6.97. The number of ether oxygens (including phenoxy) is 2. The Labute approximate surface area is 190 Å². The second-order valence-corrected chi connectivity index (χ2v) is 6.97. The van der Waals surface area contributed by atoms with Crippen molar-refractivity contribution in [2.75, 3.05) is 39.2 Å². The highest BCUT2D eigenvalue weighted by atomic mass is 127. The van der Waals surface area contributed by atoms with E-state index >= 15 is 0 Å². The Bertz CT molecular complexity index is 759. The summed E-state index contributed by atoms with van der Waals surface area (Å²) in [6.07, 6.45) is 3.77. The molecule has 1 fully saturated rings. The SMILES string of the molecule is COc1ccc(NC(N)=NCC(c2ccc(OC)cc2)N2CCCCC2)cc1.I. The zero-order valence-corrected chi connectivity index (χ0v) is 19.5. The van der Waals surface area contributed by atoms with Gasteiger partial charge in [0.25, 0.3) is 0 Å². The van der Waals surface area contributed by atoms with Gasteiger partial charge < -0.3 is 20.5 Å². The minimum absolute atomic E-state index is 0. The van der Waals surface area contributed by atoms with E-state index in [1.165, 1.54) is 24.8 Å². The molecule has 1 saturated heterocycles. The molecular formula is C22H31IN4O2. The number of halogens is 1. The summed E-state index contributed by atoms with van der Waals surface area (Å²) in [5, 5.41) is 3.15. The van der Waals surface area contributed by atoms with E-state index in [4.69, 9.17) is 15.2 Å². The van der Waals surface area contributed by atoms with Gasteiger partial charge in [-0.3, -0.25) is 9.89 Å². The van der Waals surface area contributed by atoms with Gasteiger partial charge in [0.15, 0.2) is 5.96 Å². The number of piperidine rings is 1. The summed E-state index contributed by atoms with van der Waals surface area (Å²) < 4.78 is 10.5. The van der Waals surface area contributed by atoms with Gasteiger partial charge in [0.2, 0.25) is 0 Å². The van der Waals surface area contributed by atoms with Gasteiger partial charge in [-0.25, -0.2) is 0 Å². The van der Waals surface area contributed by atoms with Crippen molar-refractivity contribution in [3.63, 3.8) is 0 Å². The minimum atomic E-state index is 0. The number of hydrogen-bond donors (Lipinski definition) is 2.